The van der Waals surface area contributed by atoms with Crippen molar-refractivity contribution in [1.29, 1.82) is 0 Å². The van der Waals surface area contributed by atoms with Gasteiger partial charge in [0.1, 0.15) is 13.2 Å². The molecule has 1 heterocycles. The summed E-state index contributed by atoms with van der Waals surface area (Å²) in [4.78, 5) is 0. The van der Waals surface area contributed by atoms with Gasteiger partial charge >= 0.3 is 0 Å². The highest BCUT2D eigenvalue weighted by Gasteiger charge is 2.13. The maximum absolute atomic E-state index is 10.2. The molecule has 104 valence electrons. The van der Waals surface area contributed by atoms with Crippen molar-refractivity contribution < 1.29 is 14.6 Å². The molecule has 1 aliphatic rings. The molecule has 0 spiro atoms. The van der Waals surface area contributed by atoms with Gasteiger partial charge in [0.2, 0.25) is 0 Å². The van der Waals surface area contributed by atoms with Crippen LogP contribution in [0.4, 0.5) is 0 Å². The van der Waals surface area contributed by atoms with Crippen molar-refractivity contribution in [3.63, 3.8) is 0 Å². The highest BCUT2D eigenvalue weighted by molar-refractivity contribution is 5.43. The van der Waals surface area contributed by atoms with Crippen LogP contribution in [-0.4, -0.2) is 18.3 Å². The highest BCUT2D eigenvalue weighted by Crippen LogP contribution is 2.31. The number of ether oxygens (including phenoxy) is 2. The highest BCUT2D eigenvalue weighted by atomic mass is 16.6. The van der Waals surface area contributed by atoms with Crippen LogP contribution in [0, 0.1) is 0 Å². The van der Waals surface area contributed by atoms with Crippen LogP contribution in [0.2, 0.25) is 0 Å². The molecular weight excluding hydrogens is 252 g/mol. The second-order valence-electron chi connectivity index (χ2n) is 4.94. The zero-order valence-electron chi connectivity index (χ0n) is 11.3. The third kappa shape index (κ3) is 2.94. The molecule has 1 unspecified atom stereocenters. The molecule has 0 bridgehead atoms. The first-order valence-corrected chi connectivity index (χ1v) is 6.94. The topological polar surface area (TPSA) is 38.7 Å². The largest absolute Gasteiger partial charge is 0.486 e. The number of benzene rings is 2. The van der Waals surface area contributed by atoms with E-state index >= 15 is 0 Å². The Balaban J connectivity index is 1.64. The van der Waals surface area contributed by atoms with E-state index in [2.05, 4.69) is 0 Å². The second kappa shape index (κ2) is 5.97. The maximum atomic E-state index is 10.2. The third-order valence-electron chi connectivity index (χ3n) is 3.50. The fourth-order valence-corrected chi connectivity index (χ4v) is 2.39. The molecule has 1 atom stereocenters. The molecule has 2 aromatic carbocycles. The quantitative estimate of drug-likeness (QED) is 0.927. The first-order valence-electron chi connectivity index (χ1n) is 6.94. The van der Waals surface area contributed by atoms with E-state index < -0.39 is 6.10 Å². The standard InChI is InChI=1S/C17H18O3/c18-15(14-4-2-1-3-5-14)8-6-13-7-9-16-17(12-13)20-11-10-19-16/h1-5,7,9,12,15,18H,6,8,10-11H2. The van der Waals surface area contributed by atoms with Gasteiger partial charge in [-0.25, -0.2) is 0 Å². The Bertz CT molecular complexity index is 566. The molecular formula is C17H18O3. The van der Waals surface area contributed by atoms with Gasteiger partial charge in [-0.2, -0.15) is 0 Å². The predicted molar refractivity (Wildman–Crippen MR) is 77.2 cm³/mol. The number of aryl methyl sites for hydroxylation is 1. The maximum Gasteiger partial charge on any atom is 0.161 e. The summed E-state index contributed by atoms with van der Waals surface area (Å²) in [6.45, 7) is 1.21. The predicted octanol–water partition coefficient (Wildman–Crippen LogP) is 3.12. The summed E-state index contributed by atoms with van der Waals surface area (Å²) in [6, 6.07) is 15.7. The van der Waals surface area contributed by atoms with Crippen LogP contribution in [0.15, 0.2) is 48.5 Å². The normalized spacial score (nSPS) is 14.8. The van der Waals surface area contributed by atoms with E-state index in [4.69, 9.17) is 9.47 Å². The molecule has 0 aromatic heterocycles. The molecule has 1 aliphatic heterocycles. The summed E-state index contributed by atoms with van der Waals surface area (Å²) in [5, 5.41) is 10.2. The summed E-state index contributed by atoms with van der Waals surface area (Å²) in [5.74, 6) is 1.62. The molecule has 1 N–H and O–H groups in total. The van der Waals surface area contributed by atoms with Gasteiger partial charge < -0.3 is 14.6 Å². The zero-order valence-corrected chi connectivity index (χ0v) is 11.3. The average molecular weight is 270 g/mol. The van der Waals surface area contributed by atoms with Crippen molar-refractivity contribution >= 4 is 0 Å². The van der Waals surface area contributed by atoms with E-state index in [0.29, 0.717) is 19.6 Å². The Morgan fingerprint density at radius 1 is 0.950 bits per heavy atom. The van der Waals surface area contributed by atoms with Gasteiger partial charge in [-0.05, 0) is 36.1 Å². The monoisotopic (exact) mass is 270 g/mol. The van der Waals surface area contributed by atoms with Crippen LogP contribution in [0.5, 0.6) is 11.5 Å². The Morgan fingerprint density at radius 2 is 1.70 bits per heavy atom. The van der Waals surface area contributed by atoms with Gasteiger partial charge in [-0.15, -0.1) is 0 Å². The molecule has 0 amide bonds. The minimum absolute atomic E-state index is 0.426. The van der Waals surface area contributed by atoms with Crippen molar-refractivity contribution in [2.24, 2.45) is 0 Å². The molecule has 0 radical (unpaired) electrons. The van der Waals surface area contributed by atoms with Gasteiger partial charge in [0.25, 0.3) is 0 Å². The number of aliphatic hydroxyl groups excluding tert-OH is 1. The van der Waals surface area contributed by atoms with E-state index in [0.717, 1.165) is 29.0 Å². The number of aliphatic hydroxyl groups is 1. The minimum Gasteiger partial charge on any atom is -0.486 e. The average Bonchev–Trinajstić information content (AvgIpc) is 2.53. The fraction of sp³-hybridized carbons (Fsp3) is 0.294. The van der Waals surface area contributed by atoms with E-state index in [1.54, 1.807) is 0 Å². The van der Waals surface area contributed by atoms with Gasteiger partial charge in [-0.1, -0.05) is 36.4 Å². The van der Waals surface area contributed by atoms with Crippen LogP contribution >= 0.6 is 0 Å². The van der Waals surface area contributed by atoms with E-state index in [-0.39, 0.29) is 0 Å². The van der Waals surface area contributed by atoms with Crippen LogP contribution in [0.1, 0.15) is 23.7 Å². The summed E-state index contributed by atoms with van der Waals surface area (Å²) >= 11 is 0. The number of hydrogen-bond donors (Lipinski definition) is 1. The third-order valence-corrected chi connectivity index (χ3v) is 3.50. The smallest absolute Gasteiger partial charge is 0.161 e. The van der Waals surface area contributed by atoms with E-state index in [1.807, 2.05) is 48.5 Å². The van der Waals surface area contributed by atoms with Gasteiger partial charge in [0.15, 0.2) is 11.5 Å². The lowest BCUT2D eigenvalue weighted by atomic mass is 10.0. The van der Waals surface area contributed by atoms with Crippen molar-refractivity contribution in [1.82, 2.24) is 0 Å². The van der Waals surface area contributed by atoms with Crippen molar-refractivity contribution in [2.45, 2.75) is 18.9 Å². The summed E-state index contributed by atoms with van der Waals surface area (Å²) in [5.41, 5.74) is 2.12. The molecule has 0 saturated heterocycles. The van der Waals surface area contributed by atoms with E-state index in [1.165, 1.54) is 0 Å². The molecule has 0 aliphatic carbocycles. The first kappa shape index (κ1) is 13.0. The SMILES string of the molecule is OC(CCc1ccc2c(c1)OCCO2)c1ccccc1. The molecule has 2 aromatic rings. The second-order valence-corrected chi connectivity index (χ2v) is 4.94. The number of fused-ring (bicyclic) bond motifs is 1. The van der Waals surface area contributed by atoms with Crippen molar-refractivity contribution in [3.05, 3.63) is 59.7 Å². The lowest BCUT2D eigenvalue weighted by molar-refractivity contribution is 0.166. The molecule has 3 heteroatoms. The van der Waals surface area contributed by atoms with Crippen molar-refractivity contribution in [3.8, 4) is 11.5 Å². The van der Waals surface area contributed by atoms with E-state index in [9.17, 15) is 5.11 Å². The van der Waals surface area contributed by atoms with Gasteiger partial charge in [-0.3, -0.25) is 0 Å². The minimum atomic E-state index is -0.426. The summed E-state index contributed by atoms with van der Waals surface area (Å²) < 4.78 is 11.1. The molecule has 0 fully saturated rings. The van der Waals surface area contributed by atoms with Crippen LogP contribution in [-0.2, 0) is 6.42 Å². The zero-order chi connectivity index (χ0) is 13.8. The lowest BCUT2D eigenvalue weighted by Crippen LogP contribution is -2.15. The van der Waals surface area contributed by atoms with Crippen molar-refractivity contribution in [2.75, 3.05) is 13.2 Å². The van der Waals surface area contributed by atoms with Crippen LogP contribution in [0.3, 0.4) is 0 Å². The molecule has 20 heavy (non-hydrogen) atoms. The van der Waals surface area contributed by atoms with Gasteiger partial charge in [0, 0.05) is 0 Å². The Kier molecular flexibility index (Phi) is 3.88. The Hall–Kier alpha value is -2.00. The fourth-order valence-electron chi connectivity index (χ4n) is 2.39. The first-order chi connectivity index (χ1) is 9.83. The van der Waals surface area contributed by atoms with Crippen LogP contribution < -0.4 is 9.47 Å². The lowest BCUT2D eigenvalue weighted by Gasteiger charge is -2.19. The summed E-state index contributed by atoms with van der Waals surface area (Å²) in [7, 11) is 0. The van der Waals surface area contributed by atoms with Gasteiger partial charge in [0.05, 0.1) is 6.10 Å². The van der Waals surface area contributed by atoms with Crippen LogP contribution in [0.25, 0.3) is 0 Å². The number of hydrogen-bond acceptors (Lipinski definition) is 3. The summed E-state index contributed by atoms with van der Waals surface area (Å²) in [6.07, 6.45) is 1.08. The molecule has 3 rings (SSSR count). The Labute approximate surface area is 118 Å². The molecule has 0 saturated carbocycles. The Morgan fingerprint density at radius 3 is 2.50 bits per heavy atom. The molecule has 3 nitrogen and oxygen atoms in total. The number of rotatable bonds is 4.